The van der Waals surface area contributed by atoms with Crippen molar-refractivity contribution in [1.29, 1.82) is 0 Å². The average molecular weight is 555 g/mol. The first-order chi connectivity index (χ1) is 21.3. The van der Waals surface area contributed by atoms with Crippen molar-refractivity contribution in [3.8, 4) is 0 Å². The number of hydrogen-bond donors (Lipinski definition) is 2. The van der Waals surface area contributed by atoms with Gasteiger partial charge in [-0.1, -0.05) is 109 Å². The number of nitrogens with zero attached hydrogens (tertiary/aromatic N) is 2. The normalized spacial score (nSPS) is 17.9. The van der Waals surface area contributed by atoms with Crippen molar-refractivity contribution in [2.45, 2.75) is 12.2 Å². The summed E-state index contributed by atoms with van der Waals surface area (Å²) in [5.41, 5.74) is 4.03. The van der Waals surface area contributed by atoms with Crippen molar-refractivity contribution in [2.24, 2.45) is 9.98 Å². The van der Waals surface area contributed by atoms with Crippen LogP contribution in [0.2, 0.25) is 0 Å². The standard InChI is InChI=1S/C38H26N4O/c1-2-11-24(12-3-1)36-40-37(42-38(41-36)35-34-29-16-8-9-17-31(29)43-32(34)20-21-39-35)30-22-25-13-5-7-15-27(25)33-26-14-6-4-10-23(26)18-19-28(30)33/h1-22,35-36,39H,(H,40,41,42). The SMILES string of the molecule is C1=Cc2oc3ccccc3c2C(C2=NC(c3ccccc3)N=C(c3cc4ccccc4c4c3ccc3ccccc34)N2)N1. The monoisotopic (exact) mass is 554 g/mol. The van der Waals surface area contributed by atoms with Gasteiger partial charge in [-0.15, -0.1) is 0 Å². The molecule has 0 fully saturated rings. The van der Waals surface area contributed by atoms with Crippen LogP contribution >= 0.6 is 0 Å². The van der Waals surface area contributed by atoms with Crippen LogP contribution in [-0.2, 0) is 0 Å². The van der Waals surface area contributed by atoms with E-state index in [0.29, 0.717) is 0 Å². The van der Waals surface area contributed by atoms with E-state index in [0.717, 1.165) is 50.5 Å². The summed E-state index contributed by atoms with van der Waals surface area (Å²) in [6.45, 7) is 0. The minimum absolute atomic E-state index is 0.229. The summed E-state index contributed by atoms with van der Waals surface area (Å²) in [7, 11) is 0. The fourth-order valence-electron chi connectivity index (χ4n) is 6.62. The van der Waals surface area contributed by atoms with E-state index in [-0.39, 0.29) is 6.04 Å². The van der Waals surface area contributed by atoms with E-state index >= 15 is 0 Å². The van der Waals surface area contributed by atoms with Crippen LogP contribution in [0.4, 0.5) is 0 Å². The summed E-state index contributed by atoms with van der Waals surface area (Å²) in [6, 6.07) is 42.2. The third-order valence-corrected chi connectivity index (χ3v) is 8.58. The smallest absolute Gasteiger partial charge is 0.169 e. The number of nitrogens with one attached hydrogen (secondary N) is 2. The minimum Gasteiger partial charge on any atom is -0.456 e. The van der Waals surface area contributed by atoms with Crippen LogP contribution in [0, 0.1) is 0 Å². The maximum atomic E-state index is 6.24. The molecule has 0 spiro atoms. The van der Waals surface area contributed by atoms with E-state index in [2.05, 4.69) is 102 Å². The summed E-state index contributed by atoms with van der Waals surface area (Å²) in [4.78, 5) is 10.5. The molecule has 2 aliphatic rings. The number of furan rings is 1. The number of fused-ring (bicyclic) bond motifs is 8. The third-order valence-electron chi connectivity index (χ3n) is 8.58. The first kappa shape index (κ1) is 24.0. The molecule has 0 aliphatic carbocycles. The number of amidine groups is 2. The number of aliphatic imine (C=N–C) groups is 2. The van der Waals surface area contributed by atoms with Gasteiger partial charge in [-0.3, -0.25) is 0 Å². The van der Waals surface area contributed by atoms with Gasteiger partial charge in [-0.05, 0) is 56.1 Å². The largest absolute Gasteiger partial charge is 0.456 e. The lowest BCUT2D eigenvalue weighted by molar-refractivity contribution is 0.585. The molecule has 43 heavy (non-hydrogen) atoms. The molecule has 0 bridgehead atoms. The van der Waals surface area contributed by atoms with E-state index in [9.17, 15) is 0 Å². The fourth-order valence-corrected chi connectivity index (χ4v) is 6.62. The molecule has 2 N–H and O–H groups in total. The second kappa shape index (κ2) is 9.43. The Morgan fingerprint density at radius 2 is 1.35 bits per heavy atom. The lowest BCUT2D eigenvalue weighted by Gasteiger charge is -2.29. The fraction of sp³-hybridized carbons (Fsp3) is 0.0526. The van der Waals surface area contributed by atoms with Crippen molar-refractivity contribution >= 4 is 61.0 Å². The molecule has 7 aromatic rings. The van der Waals surface area contributed by atoms with Crippen LogP contribution in [0.25, 0.3) is 49.4 Å². The van der Waals surface area contributed by atoms with E-state index in [1.165, 1.54) is 26.9 Å². The lowest BCUT2D eigenvalue weighted by atomic mass is 9.92. The van der Waals surface area contributed by atoms with Gasteiger partial charge in [-0.2, -0.15) is 0 Å². The molecular formula is C38H26N4O. The summed E-state index contributed by atoms with van der Waals surface area (Å²) < 4.78 is 6.24. The summed E-state index contributed by atoms with van der Waals surface area (Å²) in [5, 5.41) is 15.6. The molecule has 5 heteroatoms. The molecule has 6 aromatic carbocycles. The average Bonchev–Trinajstić information content (AvgIpc) is 3.47. The molecule has 9 rings (SSSR count). The van der Waals surface area contributed by atoms with E-state index < -0.39 is 6.17 Å². The van der Waals surface area contributed by atoms with Gasteiger partial charge in [0.1, 0.15) is 29.1 Å². The van der Waals surface area contributed by atoms with E-state index in [1.807, 2.05) is 42.6 Å². The zero-order valence-electron chi connectivity index (χ0n) is 23.2. The molecule has 2 unspecified atom stereocenters. The van der Waals surface area contributed by atoms with E-state index in [4.69, 9.17) is 14.4 Å². The maximum absolute atomic E-state index is 6.24. The predicted octanol–water partition coefficient (Wildman–Crippen LogP) is 8.65. The quantitative estimate of drug-likeness (QED) is 0.215. The molecule has 0 saturated carbocycles. The highest BCUT2D eigenvalue weighted by Gasteiger charge is 2.32. The van der Waals surface area contributed by atoms with Crippen LogP contribution in [0.5, 0.6) is 0 Å². The van der Waals surface area contributed by atoms with Gasteiger partial charge in [0.2, 0.25) is 0 Å². The van der Waals surface area contributed by atoms with Gasteiger partial charge in [0, 0.05) is 22.7 Å². The molecule has 5 nitrogen and oxygen atoms in total. The molecule has 204 valence electrons. The van der Waals surface area contributed by atoms with Gasteiger partial charge in [0.15, 0.2) is 6.17 Å². The highest BCUT2D eigenvalue weighted by Crippen LogP contribution is 2.38. The summed E-state index contributed by atoms with van der Waals surface area (Å²) >= 11 is 0. The molecular weight excluding hydrogens is 528 g/mol. The van der Waals surface area contributed by atoms with Crippen molar-refractivity contribution in [3.63, 3.8) is 0 Å². The Balaban J connectivity index is 1.27. The Bertz CT molecular complexity index is 2300. The van der Waals surface area contributed by atoms with Gasteiger partial charge in [-0.25, -0.2) is 9.98 Å². The highest BCUT2D eigenvalue weighted by atomic mass is 16.3. The van der Waals surface area contributed by atoms with Crippen molar-refractivity contribution in [2.75, 3.05) is 0 Å². The summed E-state index contributed by atoms with van der Waals surface area (Å²) in [6.07, 6.45) is 3.53. The van der Waals surface area contributed by atoms with Crippen molar-refractivity contribution in [3.05, 3.63) is 150 Å². The molecule has 2 atom stereocenters. The minimum atomic E-state index is -0.399. The second-order valence-electron chi connectivity index (χ2n) is 11.1. The zero-order chi connectivity index (χ0) is 28.3. The number of hydrogen-bond acceptors (Lipinski definition) is 5. The first-order valence-electron chi connectivity index (χ1n) is 14.6. The van der Waals surface area contributed by atoms with Crippen LogP contribution in [-0.4, -0.2) is 11.7 Å². The molecule has 1 aromatic heterocycles. The molecule has 0 saturated heterocycles. The predicted molar refractivity (Wildman–Crippen MR) is 176 cm³/mol. The van der Waals surface area contributed by atoms with Gasteiger partial charge in [0.25, 0.3) is 0 Å². The Hall–Kier alpha value is -5.68. The third kappa shape index (κ3) is 3.78. The highest BCUT2D eigenvalue weighted by molar-refractivity contribution is 6.27. The first-order valence-corrected chi connectivity index (χ1v) is 14.6. The number of rotatable bonds is 3. The van der Waals surface area contributed by atoms with Gasteiger partial charge < -0.3 is 15.1 Å². The molecule has 0 amide bonds. The topological polar surface area (TPSA) is 61.9 Å². The van der Waals surface area contributed by atoms with Crippen LogP contribution < -0.4 is 10.6 Å². The zero-order valence-corrected chi connectivity index (χ0v) is 23.2. The Morgan fingerprint density at radius 3 is 2.21 bits per heavy atom. The second-order valence-corrected chi connectivity index (χ2v) is 11.1. The number of benzene rings is 6. The molecule has 3 heterocycles. The Labute approximate surface area is 247 Å². The Morgan fingerprint density at radius 1 is 0.628 bits per heavy atom. The molecule has 2 aliphatic heterocycles. The molecule has 0 radical (unpaired) electrons. The maximum Gasteiger partial charge on any atom is 0.169 e. The summed E-state index contributed by atoms with van der Waals surface area (Å²) in [5.74, 6) is 2.45. The van der Waals surface area contributed by atoms with Crippen LogP contribution in [0.1, 0.15) is 34.7 Å². The number of para-hydroxylation sites is 1. The van der Waals surface area contributed by atoms with Crippen LogP contribution in [0.3, 0.4) is 0 Å². The van der Waals surface area contributed by atoms with Gasteiger partial charge >= 0.3 is 0 Å². The van der Waals surface area contributed by atoms with E-state index in [1.54, 1.807) is 0 Å². The van der Waals surface area contributed by atoms with Gasteiger partial charge in [0.05, 0.1) is 0 Å². The van der Waals surface area contributed by atoms with Crippen molar-refractivity contribution < 1.29 is 4.42 Å². The Kier molecular flexibility index (Phi) is 5.26. The van der Waals surface area contributed by atoms with Crippen LogP contribution in [0.15, 0.2) is 142 Å². The lowest BCUT2D eigenvalue weighted by Crippen LogP contribution is -2.43. The van der Waals surface area contributed by atoms with Crippen molar-refractivity contribution in [1.82, 2.24) is 10.6 Å².